The predicted molar refractivity (Wildman–Crippen MR) is 55.9 cm³/mol. The van der Waals surface area contributed by atoms with Crippen LogP contribution in [0.4, 0.5) is 5.69 Å². The zero-order chi connectivity index (χ0) is 9.84. The Balaban J connectivity index is 2.92. The Bertz CT molecular complexity index is 281. The maximum Gasteiger partial charge on any atom is 0.121 e. The first-order valence-corrected chi connectivity index (χ1v) is 4.67. The van der Waals surface area contributed by atoms with Crippen molar-refractivity contribution in [2.75, 3.05) is 5.32 Å². The fourth-order valence-electron chi connectivity index (χ4n) is 1.38. The van der Waals surface area contributed by atoms with Gasteiger partial charge in [-0.2, -0.15) is 0 Å². The van der Waals surface area contributed by atoms with E-state index in [1.165, 1.54) is 11.1 Å². The second kappa shape index (κ2) is 4.28. The molecule has 1 rings (SSSR count). The molecular formula is C11H17NO. The van der Waals surface area contributed by atoms with Crippen molar-refractivity contribution in [1.29, 1.82) is 0 Å². The van der Waals surface area contributed by atoms with E-state index in [1.54, 1.807) is 6.92 Å². The summed E-state index contributed by atoms with van der Waals surface area (Å²) in [4.78, 5) is 0. The third-order valence-corrected chi connectivity index (χ3v) is 2.01. The highest BCUT2D eigenvalue weighted by molar-refractivity contribution is 5.52. The molecule has 0 aliphatic heterocycles. The van der Waals surface area contributed by atoms with Crippen LogP contribution in [0.15, 0.2) is 18.2 Å². The summed E-state index contributed by atoms with van der Waals surface area (Å²) < 4.78 is 0. The van der Waals surface area contributed by atoms with Gasteiger partial charge in [-0.25, -0.2) is 0 Å². The molecule has 0 aliphatic rings. The highest BCUT2D eigenvalue weighted by Gasteiger charge is 2.02. The molecule has 1 unspecified atom stereocenters. The molecule has 0 aromatic heterocycles. The summed E-state index contributed by atoms with van der Waals surface area (Å²) in [6.45, 7) is 5.91. The molecule has 0 radical (unpaired) electrons. The van der Waals surface area contributed by atoms with Gasteiger partial charge in [0.05, 0.1) is 0 Å². The van der Waals surface area contributed by atoms with Crippen LogP contribution in [0.5, 0.6) is 0 Å². The van der Waals surface area contributed by atoms with Crippen molar-refractivity contribution in [3.63, 3.8) is 0 Å². The van der Waals surface area contributed by atoms with Crippen molar-refractivity contribution in [3.8, 4) is 0 Å². The Morgan fingerprint density at radius 3 is 2.69 bits per heavy atom. The van der Waals surface area contributed by atoms with E-state index in [0.717, 1.165) is 12.1 Å². The van der Waals surface area contributed by atoms with Gasteiger partial charge in [-0.05, 0) is 31.9 Å². The number of anilines is 1. The first-order valence-electron chi connectivity index (χ1n) is 4.67. The molecule has 2 nitrogen and oxygen atoms in total. The Kier molecular flexibility index (Phi) is 3.32. The van der Waals surface area contributed by atoms with Gasteiger partial charge in [0.1, 0.15) is 6.23 Å². The molecular weight excluding hydrogens is 162 g/mol. The van der Waals surface area contributed by atoms with Gasteiger partial charge in [-0.15, -0.1) is 0 Å². The van der Waals surface area contributed by atoms with Crippen LogP contribution < -0.4 is 5.32 Å². The monoisotopic (exact) mass is 179 g/mol. The lowest BCUT2D eigenvalue weighted by molar-refractivity contribution is 0.224. The zero-order valence-corrected chi connectivity index (χ0v) is 8.46. The van der Waals surface area contributed by atoms with Crippen molar-refractivity contribution in [2.45, 2.75) is 33.4 Å². The summed E-state index contributed by atoms with van der Waals surface area (Å²) in [6.07, 6.45) is 0.490. The second-order valence-electron chi connectivity index (χ2n) is 3.33. The zero-order valence-electron chi connectivity index (χ0n) is 8.46. The van der Waals surface area contributed by atoms with Gasteiger partial charge >= 0.3 is 0 Å². The summed E-state index contributed by atoms with van der Waals surface area (Å²) in [5.74, 6) is 0. The lowest BCUT2D eigenvalue weighted by Crippen LogP contribution is -2.14. The Morgan fingerprint density at radius 1 is 1.46 bits per heavy atom. The Morgan fingerprint density at radius 2 is 2.15 bits per heavy atom. The van der Waals surface area contributed by atoms with Gasteiger partial charge in [0.15, 0.2) is 0 Å². The van der Waals surface area contributed by atoms with E-state index in [-0.39, 0.29) is 0 Å². The molecule has 13 heavy (non-hydrogen) atoms. The average Bonchev–Trinajstić information content (AvgIpc) is 2.07. The highest BCUT2D eigenvalue weighted by atomic mass is 16.3. The molecule has 0 fully saturated rings. The van der Waals surface area contributed by atoms with Gasteiger partial charge in [0, 0.05) is 5.69 Å². The van der Waals surface area contributed by atoms with E-state index < -0.39 is 6.23 Å². The van der Waals surface area contributed by atoms with Crippen LogP contribution in [0.25, 0.3) is 0 Å². The molecule has 2 N–H and O–H groups in total. The molecule has 1 aromatic carbocycles. The number of aryl methyl sites for hydroxylation is 2. The number of benzene rings is 1. The molecule has 72 valence electrons. The molecule has 0 heterocycles. The van der Waals surface area contributed by atoms with Crippen molar-refractivity contribution < 1.29 is 5.11 Å². The van der Waals surface area contributed by atoms with Crippen LogP contribution in [0.1, 0.15) is 25.0 Å². The summed E-state index contributed by atoms with van der Waals surface area (Å²) in [5, 5.41) is 12.2. The third-order valence-electron chi connectivity index (χ3n) is 2.01. The van der Waals surface area contributed by atoms with Crippen molar-refractivity contribution in [1.82, 2.24) is 0 Å². The van der Waals surface area contributed by atoms with Gasteiger partial charge in [0.25, 0.3) is 0 Å². The standard InChI is InChI=1S/C11H17NO/c1-4-10-7-8(2)5-6-11(10)12-9(3)13/h5-7,9,12-13H,4H2,1-3H3. The van der Waals surface area contributed by atoms with Gasteiger partial charge in [0.2, 0.25) is 0 Å². The number of hydrogen-bond donors (Lipinski definition) is 2. The van der Waals surface area contributed by atoms with E-state index in [1.807, 2.05) is 12.1 Å². The molecule has 1 atom stereocenters. The number of nitrogens with one attached hydrogen (secondary N) is 1. The van der Waals surface area contributed by atoms with Crippen LogP contribution in [0, 0.1) is 6.92 Å². The highest BCUT2D eigenvalue weighted by Crippen LogP contribution is 2.18. The lowest BCUT2D eigenvalue weighted by Gasteiger charge is -2.13. The van der Waals surface area contributed by atoms with E-state index in [2.05, 4.69) is 25.2 Å². The van der Waals surface area contributed by atoms with Crippen molar-refractivity contribution in [3.05, 3.63) is 29.3 Å². The fraction of sp³-hybridized carbons (Fsp3) is 0.455. The Hall–Kier alpha value is -1.02. The SMILES string of the molecule is CCc1cc(C)ccc1NC(C)O. The summed E-state index contributed by atoms with van der Waals surface area (Å²) in [6, 6.07) is 6.20. The minimum Gasteiger partial charge on any atom is -0.374 e. The van der Waals surface area contributed by atoms with Crippen LogP contribution in [0.3, 0.4) is 0 Å². The van der Waals surface area contributed by atoms with Crippen molar-refractivity contribution >= 4 is 5.69 Å². The summed E-state index contributed by atoms with van der Waals surface area (Å²) in [5.41, 5.74) is 3.54. The molecule has 2 heteroatoms. The summed E-state index contributed by atoms with van der Waals surface area (Å²) in [7, 11) is 0. The minimum absolute atomic E-state index is 0.493. The first-order chi connectivity index (χ1) is 6.13. The third kappa shape index (κ3) is 2.74. The fourth-order valence-corrected chi connectivity index (χ4v) is 1.38. The molecule has 0 aliphatic carbocycles. The van der Waals surface area contributed by atoms with Gasteiger partial charge in [-0.1, -0.05) is 24.6 Å². The molecule has 0 amide bonds. The van der Waals surface area contributed by atoms with Gasteiger partial charge in [-0.3, -0.25) is 0 Å². The quantitative estimate of drug-likeness (QED) is 0.698. The predicted octanol–water partition coefficient (Wildman–Crippen LogP) is 2.31. The maximum absolute atomic E-state index is 9.18. The van der Waals surface area contributed by atoms with E-state index in [0.29, 0.717) is 0 Å². The minimum atomic E-state index is -0.493. The maximum atomic E-state index is 9.18. The van der Waals surface area contributed by atoms with Crippen LogP contribution >= 0.6 is 0 Å². The molecule has 1 aromatic rings. The van der Waals surface area contributed by atoms with Crippen LogP contribution in [-0.4, -0.2) is 11.3 Å². The number of aliphatic hydroxyl groups excluding tert-OH is 1. The lowest BCUT2D eigenvalue weighted by atomic mass is 10.1. The topological polar surface area (TPSA) is 32.3 Å². The molecule has 0 saturated carbocycles. The van der Waals surface area contributed by atoms with E-state index in [9.17, 15) is 5.11 Å². The number of aliphatic hydroxyl groups is 1. The van der Waals surface area contributed by atoms with E-state index >= 15 is 0 Å². The average molecular weight is 179 g/mol. The van der Waals surface area contributed by atoms with Crippen molar-refractivity contribution in [2.24, 2.45) is 0 Å². The largest absolute Gasteiger partial charge is 0.374 e. The summed E-state index contributed by atoms with van der Waals surface area (Å²) >= 11 is 0. The molecule has 0 spiro atoms. The first kappa shape index (κ1) is 10.1. The number of hydrogen-bond acceptors (Lipinski definition) is 2. The molecule has 0 saturated heterocycles. The van der Waals surface area contributed by atoms with Crippen LogP contribution in [-0.2, 0) is 6.42 Å². The van der Waals surface area contributed by atoms with Gasteiger partial charge < -0.3 is 10.4 Å². The van der Waals surface area contributed by atoms with E-state index in [4.69, 9.17) is 0 Å². The Labute approximate surface area is 79.6 Å². The smallest absolute Gasteiger partial charge is 0.121 e. The normalized spacial score (nSPS) is 12.6. The number of rotatable bonds is 3. The molecule has 0 bridgehead atoms. The van der Waals surface area contributed by atoms with Crippen LogP contribution in [0.2, 0.25) is 0 Å². The second-order valence-corrected chi connectivity index (χ2v) is 3.33.